The third-order valence-corrected chi connectivity index (χ3v) is 3.92. The van der Waals surface area contributed by atoms with Gasteiger partial charge in [0, 0.05) is 18.5 Å². The van der Waals surface area contributed by atoms with Crippen LogP contribution in [0, 0.1) is 5.92 Å². The van der Waals surface area contributed by atoms with E-state index in [2.05, 4.69) is 15.9 Å². The Kier molecular flexibility index (Phi) is 4.24. The summed E-state index contributed by atoms with van der Waals surface area (Å²) in [6.07, 6.45) is 2.61. The summed E-state index contributed by atoms with van der Waals surface area (Å²) in [5, 5.41) is 7.61. The Morgan fingerprint density at radius 1 is 1.39 bits per heavy atom. The fraction of sp³-hybridized carbons (Fsp3) is 0.467. The van der Waals surface area contributed by atoms with E-state index in [4.69, 9.17) is 4.84 Å². The van der Waals surface area contributed by atoms with E-state index >= 15 is 0 Å². The fourth-order valence-electron chi connectivity index (χ4n) is 2.39. The molecule has 23 heavy (non-hydrogen) atoms. The maximum Gasteiger partial charge on any atom is 0.368 e. The zero-order valence-electron chi connectivity index (χ0n) is 13.2. The lowest BCUT2D eigenvalue weighted by atomic mass is 10.0. The molecule has 3 rings (SSSR count). The molecule has 8 nitrogen and oxygen atoms in total. The lowest BCUT2D eigenvalue weighted by molar-refractivity contribution is -0.135. The van der Waals surface area contributed by atoms with Gasteiger partial charge in [0.2, 0.25) is 5.91 Å². The molecule has 0 unspecified atom stereocenters. The highest BCUT2D eigenvalue weighted by Gasteiger charge is 2.29. The van der Waals surface area contributed by atoms with Gasteiger partial charge in [-0.25, -0.2) is 10.3 Å². The number of rotatable bonds is 6. The molecule has 2 aromatic rings. The fourth-order valence-corrected chi connectivity index (χ4v) is 2.39. The predicted octanol–water partition coefficient (Wildman–Crippen LogP) is 0.486. The SMILES string of the molecule is CCc1cccc(-n2nnn(C)c2=O)c1CONC(=O)C1CC1. The molecule has 0 spiro atoms. The summed E-state index contributed by atoms with van der Waals surface area (Å²) in [6, 6.07) is 5.62. The van der Waals surface area contributed by atoms with Crippen LogP contribution in [-0.4, -0.2) is 25.7 Å². The zero-order chi connectivity index (χ0) is 16.4. The smallest absolute Gasteiger partial charge is 0.273 e. The molecule has 8 heteroatoms. The van der Waals surface area contributed by atoms with E-state index in [-0.39, 0.29) is 24.1 Å². The number of nitrogens with zero attached hydrogens (tertiary/aromatic N) is 4. The van der Waals surface area contributed by atoms with Crippen LogP contribution >= 0.6 is 0 Å². The molecule has 1 heterocycles. The number of carbonyl (C=O) groups excluding carboxylic acids is 1. The van der Waals surface area contributed by atoms with Gasteiger partial charge in [0.15, 0.2) is 0 Å². The molecule has 1 aromatic heterocycles. The van der Waals surface area contributed by atoms with Crippen LogP contribution in [0.25, 0.3) is 5.69 Å². The molecule has 122 valence electrons. The first kappa shape index (κ1) is 15.4. The van der Waals surface area contributed by atoms with Crippen LogP contribution in [0.2, 0.25) is 0 Å². The van der Waals surface area contributed by atoms with Crippen molar-refractivity contribution in [1.82, 2.24) is 25.3 Å². The second-order valence-corrected chi connectivity index (χ2v) is 5.59. The number of hydroxylamine groups is 1. The van der Waals surface area contributed by atoms with E-state index in [9.17, 15) is 9.59 Å². The van der Waals surface area contributed by atoms with Crippen molar-refractivity contribution in [1.29, 1.82) is 0 Å². The van der Waals surface area contributed by atoms with E-state index < -0.39 is 0 Å². The Balaban J connectivity index is 1.85. The minimum atomic E-state index is -0.332. The molecule has 1 aliphatic carbocycles. The van der Waals surface area contributed by atoms with Gasteiger partial charge in [-0.15, -0.1) is 0 Å². The van der Waals surface area contributed by atoms with Crippen LogP contribution in [0.1, 0.15) is 30.9 Å². The number of hydrogen-bond acceptors (Lipinski definition) is 5. The number of hydrogen-bond donors (Lipinski definition) is 1. The van der Waals surface area contributed by atoms with Gasteiger partial charge in [0.05, 0.1) is 5.69 Å². The van der Waals surface area contributed by atoms with Gasteiger partial charge in [0.1, 0.15) is 6.61 Å². The largest absolute Gasteiger partial charge is 0.368 e. The molecular weight excluding hydrogens is 298 g/mol. The number of nitrogens with one attached hydrogen (secondary N) is 1. The number of benzene rings is 1. The minimum absolute atomic E-state index is 0.0819. The van der Waals surface area contributed by atoms with Crippen molar-refractivity contribution in [2.45, 2.75) is 32.8 Å². The summed E-state index contributed by atoms with van der Waals surface area (Å²) in [7, 11) is 1.54. The monoisotopic (exact) mass is 317 g/mol. The van der Waals surface area contributed by atoms with E-state index in [1.807, 2.05) is 19.1 Å². The van der Waals surface area contributed by atoms with Crippen molar-refractivity contribution in [2.75, 3.05) is 0 Å². The first-order valence-corrected chi connectivity index (χ1v) is 7.63. The van der Waals surface area contributed by atoms with Crippen LogP contribution in [0.5, 0.6) is 0 Å². The Hall–Kier alpha value is -2.48. The van der Waals surface area contributed by atoms with Crippen LogP contribution in [0.4, 0.5) is 0 Å². The normalized spacial score (nSPS) is 14.0. The van der Waals surface area contributed by atoms with Crippen LogP contribution in [-0.2, 0) is 29.7 Å². The van der Waals surface area contributed by atoms with Gasteiger partial charge >= 0.3 is 5.69 Å². The quantitative estimate of drug-likeness (QED) is 0.783. The van der Waals surface area contributed by atoms with Crippen molar-refractivity contribution < 1.29 is 9.63 Å². The van der Waals surface area contributed by atoms with Crippen LogP contribution in [0.15, 0.2) is 23.0 Å². The van der Waals surface area contributed by atoms with E-state index in [1.54, 1.807) is 13.1 Å². The Morgan fingerprint density at radius 2 is 2.17 bits per heavy atom. The lowest BCUT2D eigenvalue weighted by Crippen LogP contribution is -2.26. The molecule has 0 bridgehead atoms. The first-order valence-electron chi connectivity index (χ1n) is 7.63. The molecule has 0 aliphatic heterocycles. The van der Waals surface area contributed by atoms with Crippen molar-refractivity contribution in [2.24, 2.45) is 13.0 Å². The third kappa shape index (κ3) is 3.16. The van der Waals surface area contributed by atoms with Gasteiger partial charge in [-0.2, -0.15) is 9.36 Å². The first-order chi connectivity index (χ1) is 11.1. The molecule has 1 N–H and O–H groups in total. The summed E-state index contributed by atoms with van der Waals surface area (Å²) < 4.78 is 2.40. The number of carbonyl (C=O) groups is 1. The highest BCUT2D eigenvalue weighted by atomic mass is 16.6. The van der Waals surface area contributed by atoms with Gasteiger partial charge in [0.25, 0.3) is 0 Å². The Labute approximate surface area is 133 Å². The molecule has 1 aromatic carbocycles. The number of tetrazole rings is 1. The summed E-state index contributed by atoms with van der Waals surface area (Å²) in [4.78, 5) is 29.1. The van der Waals surface area contributed by atoms with Crippen molar-refractivity contribution in [3.05, 3.63) is 39.8 Å². The van der Waals surface area contributed by atoms with Crippen LogP contribution in [0.3, 0.4) is 0 Å². The zero-order valence-corrected chi connectivity index (χ0v) is 13.2. The van der Waals surface area contributed by atoms with Crippen molar-refractivity contribution in [3.8, 4) is 5.69 Å². The van der Waals surface area contributed by atoms with E-state index in [0.717, 1.165) is 35.1 Å². The highest BCUT2D eigenvalue weighted by molar-refractivity contribution is 5.79. The number of aryl methyl sites for hydroxylation is 2. The van der Waals surface area contributed by atoms with E-state index in [0.29, 0.717) is 5.69 Å². The number of aromatic nitrogens is 4. The molecular formula is C15H19N5O3. The molecule has 1 saturated carbocycles. The minimum Gasteiger partial charge on any atom is -0.273 e. The second-order valence-electron chi connectivity index (χ2n) is 5.59. The maximum atomic E-state index is 12.1. The Morgan fingerprint density at radius 3 is 2.78 bits per heavy atom. The standard InChI is InChI=1S/C15H19N5O3/c1-3-10-5-4-6-13(20-15(22)19(2)17-18-20)12(10)9-23-16-14(21)11-7-8-11/h4-6,11H,3,7-9H2,1-2H3,(H,16,21). The van der Waals surface area contributed by atoms with Gasteiger partial charge in [-0.05, 0) is 41.3 Å². The molecule has 0 radical (unpaired) electrons. The van der Waals surface area contributed by atoms with Crippen molar-refractivity contribution in [3.63, 3.8) is 0 Å². The molecule has 1 aliphatic rings. The molecule has 1 fully saturated rings. The topological polar surface area (TPSA) is 91.0 Å². The highest BCUT2D eigenvalue weighted by Crippen LogP contribution is 2.28. The summed E-state index contributed by atoms with van der Waals surface area (Å²) in [5.41, 5.74) is 4.60. The average Bonchev–Trinajstić information content (AvgIpc) is 3.35. The van der Waals surface area contributed by atoms with E-state index in [1.165, 1.54) is 4.68 Å². The summed E-state index contributed by atoms with van der Waals surface area (Å²) >= 11 is 0. The molecule has 0 atom stereocenters. The second kappa shape index (κ2) is 6.33. The summed E-state index contributed by atoms with van der Waals surface area (Å²) in [6.45, 7) is 2.19. The summed E-state index contributed by atoms with van der Waals surface area (Å²) in [5.74, 6) is -0.00398. The lowest BCUT2D eigenvalue weighted by Gasteiger charge is -2.13. The van der Waals surface area contributed by atoms with Crippen LogP contribution < -0.4 is 11.2 Å². The predicted molar refractivity (Wildman–Crippen MR) is 81.6 cm³/mol. The average molecular weight is 317 g/mol. The molecule has 1 amide bonds. The van der Waals surface area contributed by atoms with Gasteiger partial charge < -0.3 is 0 Å². The van der Waals surface area contributed by atoms with Crippen molar-refractivity contribution >= 4 is 5.91 Å². The van der Waals surface area contributed by atoms with Gasteiger partial charge in [-0.3, -0.25) is 9.63 Å². The third-order valence-electron chi connectivity index (χ3n) is 3.92. The Bertz CT molecular complexity index is 776. The number of amides is 1. The molecule has 0 saturated heterocycles. The maximum absolute atomic E-state index is 12.1. The van der Waals surface area contributed by atoms with Gasteiger partial charge in [-0.1, -0.05) is 19.1 Å².